The fourth-order valence-electron chi connectivity index (χ4n) is 2.75. The van der Waals surface area contributed by atoms with Crippen LogP contribution in [0.25, 0.3) is 0 Å². The second kappa shape index (κ2) is 7.62. The summed E-state index contributed by atoms with van der Waals surface area (Å²) in [5, 5.41) is 3.34. The number of rotatable bonds is 3. The molecule has 0 saturated carbocycles. The smallest absolute Gasteiger partial charge is 0.134 e. The van der Waals surface area contributed by atoms with E-state index in [0.717, 1.165) is 49.2 Å². The van der Waals surface area contributed by atoms with Crippen molar-refractivity contribution in [2.45, 2.75) is 13.8 Å². The van der Waals surface area contributed by atoms with E-state index in [1.165, 1.54) is 5.69 Å². The van der Waals surface area contributed by atoms with Gasteiger partial charge in [0.25, 0.3) is 0 Å². The maximum Gasteiger partial charge on any atom is 0.134 e. The number of nitrogens with zero attached hydrogens (tertiary/aromatic N) is 4. The third-order valence-electron chi connectivity index (χ3n) is 3.97. The van der Waals surface area contributed by atoms with E-state index in [0.29, 0.717) is 0 Å². The molecule has 0 bridgehead atoms. The van der Waals surface area contributed by atoms with Crippen molar-refractivity contribution in [3.8, 4) is 0 Å². The van der Waals surface area contributed by atoms with Crippen molar-refractivity contribution in [3.05, 3.63) is 41.9 Å². The van der Waals surface area contributed by atoms with Crippen molar-refractivity contribution < 1.29 is 0 Å². The third kappa shape index (κ3) is 4.56. The zero-order chi connectivity index (χ0) is 15.5. The summed E-state index contributed by atoms with van der Waals surface area (Å²) in [6, 6.07) is 10.5. The largest absolute Gasteiger partial charge is 0.369 e. The number of benzene rings is 1. The van der Waals surface area contributed by atoms with Crippen molar-refractivity contribution >= 4 is 29.6 Å². The first kappa shape index (κ1) is 17.5. The molecule has 1 aliphatic rings. The molecule has 1 aliphatic heterocycles. The van der Waals surface area contributed by atoms with Gasteiger partial charge in [-0.05, 0) is 45.2 Å². The Kier molecular flexibility index (Phi) is 5.80. The van der Waals surface area contributed by atoms with E-state index in [2.05, 4.69) is 56.4 Å². The number of hydrogen-bond donors (Lipinski definition) is 1. The lowest BCUT2D eigenvalue weighted by Gasteiger charge is -2.34. The van der Waals surface area contributed by atoms with Gasteiger partial charge in [0.2, 0.25) is 0 Å². The summed E-state index contributed by atoms with van der Waals surface area (Å²) in [6.45, 7) is 8.32. The molecule has 2 aromatic rings. The van der Waals surface area contributed by atoms with Crippen molar-refractivity contribution in [2.24, 2.45) is 0 Å². The summed E-state index contributed by atoms with van der Waals surface area (Å²) in [5.74, 6) is 1.63. The molecule has 0 amide bonds. The Morgan fingerprint density at radius 2 is 1.61 bits per heavy atom. The number of anilines is 3. The molecule has 1 fully saturated rings. The van der Waals surface area contributed by atoms with Gasteiger partial charge >= 0.3 is 0 Å². The van der Waals surface area contributed by atoms with Crippen LogP contribution < -0.4 is 10.2 Å². The minimum absolute atomic E-state index is 0. The Bertz CT molecular complexity index is 616. The molecule has 6 heteroatoms. The molecule has 1 saturated heterocycles. The average Bonchev–Trinajstić information content (AvgIpc) is 2.48. The van der Waals surface area contributed by atoms with E-state index in [1.54, 1.807) is 0 Å². The van der Waals surface area contributed by atoms with Gasteiger partial charge in [0, 0.05) is 49.3 Å². The lowest BCUT2D eigenvalue weighted by atomic mass is 10.2. The Morgan fingerprint density at radius 1 is 0.957 bits per heavy atom. The summed E-state index contributed by atoms with van der Waals surface area (Å²) >= 11 is 0. The van der Waals surface area contributed by atoms with Crippen LogP contribution in [0.4, 0.5) is 17.2 Å². The number of piperazine rings is 1. The van der Waals surface area contributed by atoms with Crippen molar-refractivity contribution in [1.82, 2.24) is 14.9 Å². The van der Waals surface area contributed by atoms with Crippen molar-refractivity contribution in [2.75, 3.05) is 43.4 Å². The SMILES string of the molecule is Cc1cc(Nc2ccc(N3CCN(C)CC3)cc2)nc(C)n1.Cl. The van der Waals surface area contributed by atoms with Gasteiger partial charge in [0.05, 0.1) is 0 Å². The highest BCUT2D eigenvalue weighted by atomic mass is 35.5. The zero-order valence-electron chi connectivity index (χ0n) is 13.9. The third-order valence-corrected chi connectivity index (χ3v) is 3.97. The molecule has 5 nitrogen and oxygen atoms in total. The fourth-order valence-corrected chi connectivity index (χ4v) is 2.75. The molecular weight excluding hydrogens is 310 g/mol. The van der Waals surface area contributed by atoms with Crippen LogP contribution >= 0.6 is 12.4 Å². The maximum atomic E-state index is 4.41. The normalized spacial score (nSPS) is 15.2. The second-order valence-electron chi connectivity index (χ2n) is 5.90. The Morgan fingerprint density at radius 3 is 2.22 bits per heavy atom. The van der Waals surface area contributed by atoms with Gasteiger partial charge in [-0.2, -0.15) is 0 Å². The standard InChI is InChI=1S/C17H23N5.ClH/c1-13-12-17(19-14(2)18-13)20-15-4-6-16(7-5-15)22-10-8-21(3)9-11-22;/h4-7,12H,8-11H2,1-3H3,(H,18,19,20);1H. The van der Waals surface area contributed by atoms with Crippen LogP contribution in [0.15, 0.2) is 30.3 Å². The van der Waals surface area contributed by atoms with Gasteiger partial charge < -0.3 is 15.1 Å². The van der Waals surface area contributed by atoms with Crippen LogP contribution in [0.5, 0.6) is 0 Å². The van der Waals surface area contributed by atoms with Crippen molar-refractivity contribution in [1.29, 1.82) is 0 Å². The molecule has 0 atom stereocenters. The monoisotopic (exact) mass is 333 g/mol. The number of aryl methyl sites for hydroxylation is 2. The zero-order valence-corrected chi connectivity index (χ0v) is 14.7. The topological polar surface area (TPSA) is 44.3 Å². The van der Waals surface area contributed by atoms with Crippen LogP contribution in [-0.2, 0) is 0 Å². The van der Waals surface area contributed by atoms with E-state index in [4.69, 9.17) is 0 Å². The predicted molar refractivity (Wildman–Crippen MR) is 98.2 cm³/mol. The van der Waals surface area contributed by atoms with E-state index < -0.39 is 0 Å². The summed E-state index contributed by atoms with van der Waals surface area (Å²) in [7, 11) is 2.18. The molecule has 0 radical (unpaired) electrons. The Hall–Kier alpha value is -1.85. The van der Waals surface area contributed by atoms with Crippen molar-refractivity contribution in [3.63, 3.8) is 0 Å². The second-order valence-corrected chi connectivity index (χ2v) is 5.90. The molecule has 1 aromatic heterocycles. The van der Waals surface area contributed by atoms with E-state index >= 15 is 0 Å². The average molecular weight is 334 g/mol. The summed E-state index contributed by atoms with van der Waals surface area (Å²) in [6.07, 6.45) is 0. The molecule has 124 valence electrons. The van der Waals surface area contributed by atoms with Gasteiger partial charge in [-0.25, -0.2) is 9.97 Å². The summed E-state index contributed by atoms with van der Waals surface area (Å²) < 4.78 is 0. The molecule has 0 spiro atoms. The van der Waals surface area contributed by atoms with Crippen LogP contribution in [0.1, 0.15) is 11.5 Å². The molecule has 0 unspecified atom stereocenters. The first-order valence-corrected chi connectivity index (χ1v) is 7.73. The lowest BCUT2D eigenvalue weighted by Crippen LogP contribution is -2.44. The first-order chi connectivity index (χ1) is 10.6. The molecule has 0 aliphatic carbocycles. The van der Waals surface area contributed by atoms with E-state index in [1.807, 2.05) is 19.9 Å². The molecule has 2 heterocycles. The molecule has 23 heavy (non-hydrogen) atoms. The van der Waals surface area contributed by atoms with Gasteiger partial charge in [-0.15, -0.1) is 12.4 Å². The highest BCUT2D eigenvalue weighted by Gasteiger charge is 2.13. The van der Waals surface area contributed by atoms with Gasteiger partial charge in [0.1, 0.15) is 11.6 Å². The van der Waals surface area contributed by atoms with Crippen LogP contribution in [0, 0.1) is 13.8 Å². The summed E-state index contributed by atoms with van der Waals surface area (Å²) in [5.41, 5.74) is 3.31. The van der Waals surface area contributed by atoms with E-state index in [9.17, 15) is 0 Å². The number of nitrogens with one attached hydrogen (secondary N) is 1. The minimum Gasteiger partial charge on any atom is -0.369 e. The number of hydrogen-bond acceptors (Lipinski definition) is 5. The van der Waals surface area contributed by atoms with Crippen LogP contribution in [0.3, 0.4) is 0 Å². The highest BCUT2D eigenvalue weighted by molar-refractivity contribution is 5.85. The molecule has 1 aromatic carbocycles. The Labute approximate surface area is 144 Å². The fraction of sp³-hybridized carbons (Fsp3) is 0.412. The van der Waals surface area contributed by atoms with Gasteiger partial charge in [-0.1, -0.05) is 0 Å². The van der Waals surface area contributed by atoms with E-state index in [-0.39, 0.29) is 12.4 Å². The number of halogens is 1. The molecular formula is C17H24ClN5. The number of aromatic nitrogens is 2. The maximum absolute atomic E-state index is 4.41. The van der Waals surface area contributed by atoms with Gasteiger partial charge in [-0.3, -0.25) is 0 Å². The van der Waals surface area contributed by atoms with Crippen LogP contribution in [0.2, 0.25) is 0 Å². The molecule has 1 N–H and O–H groups in total. The summed E-state index contributed by atoms with van der Waals surface area (Å²) in [4.78, 5) is 13.5. The predicted octanol–water partition coefficient (Wildman–Crippen LogP) is 3.01. The Balaban J connectivity index is 0.00000192. The first-order valence-electron chi connectivity index (χ1n) is 7.73. The minimum atomic E-state index is 0. The highest BCUT2D eigenvalue weighted by Crippen LogP contribution is 2.21. The molecule has 3 rings (SSSR count). The van der Waals surface area contributed by atoms with Crippen LogP contribution in [-0.4, -0.2) is 48.1 Å². The van der Waals surface area contributed by atoms with Gasteiger partial charge in [0.15, 0.2) is 0 Å². The lowest BCUT2D eigenvalue weighted by molar-refractivity contribution is 0.313. The quantitative estimate of drug-likeness (QED) is 0.935. The number of likely N-dealkylation sites (N-methyl/N-ethyl adjacent to an activating group) is 1.